The van der Waals surface area contributed by atoms with E-state index in [9.17, 15) is 9.59 Å². The van der Waals surface area contributed by atoms with Gasteiger partial charge in [0.1, 0.15) is 18.1 Å². The molecule has 4 rings (SSSR count). The number of aromatic nitrogens is 4. The van der Waals surface area contributed by atoms with Crippen LogP contribution in [0.1, 0.15) is 49.9 Å². The smallest absolute Gasteiger partial charge is 0.249 e. The largest absolute Gasteiger partial charge is 0.349 e. The fraction of sp³-hybridized carbons (Fsp3) is 0.321. The quantitative estimate of drug-likeness (QED) is 0.397. The van der Waals surface area contributed by atoms with E-state index in [-0.39, 0.29) is 18.4 Å². The predicted octanol–water partition coefficient (Wildman–Crippen LogP) is 4.52. The molecule has 2 heterocycles. The molecule has 0 unspecified atom stereocenters. The zero-order chi connectivity index (χ0) is 25.9. The Bertz CT molecular complexity index is 1380. The number of nitrogens with zero attached hydrogens (tertiary/aromatic N) is 5. The third-order valence-corrected chi connectivity index (χ3v) is 6.44. The fourth-order valence-corrected chi connectivity index (χ4v) is 4.18. The van der Waals surface area contributed by atoms with Crippen LogP contribution < -0.4 is 10.2 Å². The second kappa shape index (κ2) is 10.3. The Morgan fingerprint density at radius 3 is 2.56 bits per heavy atom. The Kier molecular flexibility index (Phi) is 7.15. The number of para-hydroxylation sites is 1. The standard InChI is InChI=1S/C28H32N6O2/c1-6-28(4,5)30-27(36)26(21-10-9-15-29-17-21)34(23-14-13-19(2)16-20(23)3)25(35)18-33-24-12-8-7-11-22(24)31-32-33/h7-17,26H,6,18H2,1-5H3,(H,30,36)/t26-/m0/s1. The van der Waals surface area contributed by atoms with Crippen LogP contribution in [0.3, 0.4) is 0 Å². The SMILES string of the molecule is CCC(C)(C)NC(=O)[C@H](c1cccnc1)N(C(=O)Cn1nnc2ccccc21)c1ccc(C)cc1C. The number of nitrogens with one attached hydrogen (secondary N) is 1. The van der Waals surface area contributed by atoms with Crippen LogP contribution in [0.15, 0.2) is 67.0 Å². The molecule has 0 bridgehead atoms. The first-order valence-electron chi connectivity index (χ1n) is 12.1. The second-order valence-corrected chi connectivity index (χ2v) is 9.71. The first kappa shape index (κ1) is 25.0. The number of anilines is 1. The second-order valence-electron chi connectivity index (χ2n) is 9.71. The molecule has 186 valence electrons. The van der Waals surface area contributed by atoms with Gasteiger partial charge in [0.2, 0.25) is 11.8 Å². The van der Waals surface area contributed by atoms with Crippen LogP contribution in [0.5, 0.6) is 0 Å². The van der Waals surface area contributed by atoms with Gasteiger partial charge in [0.25, 0.3) is 0 Å². The molecule has 2 amide bonds. The topological polar surface area (TPSA) is 93.0 Å². The number of hydrogen-bond donors (Lipinski definition) is 1. The van der Waals surface area contributed by atoms with Crippen molar-refractivity contribution in [2.75, 3.05) is 4.90 Å². The molecule has 0 radical (unpaired) electrons. The Balaban J connectivity index is 1.84. The van der Waals surface area contributed by atoms with Crippen molar-refractivity contribution in [1.82, 2.24) is 25.3 Å². The lowest BCUT2D eigenvalue weighted by Gasteiger charge is -2.35. The molecule has 1 N–H and O–H groups in total. The van der Waals surface area contributed by atoms with E-state index in [4.69, 9.17) is 0 Å². The molecule has 2 aromatic carbocycles. The van der Waals surface area contributed by atoms with Gasteiger partial charge in [-0.15, -0.1) is 5.10 Å². The summed E-state index contributed by atoms with van der Waals surface area (Å²) in [4.78, 5) is 33.8. The minimum atomic E-state index is -0.923. The molecule has 36 heavy (non-hydrogen) atoms. The summed E-state index contributed by atoms with van der Waals surface area (Å²) in [5, 5.41) is 11.5. The van der Waals surface area contributed by atoms with Crippen LogP contribution in [0.2, 0.25) is 0 Å². The average molecular weight is 485 g/mol. The lowest BCUT2D eigenvalue weighted by atomic mass is 9.98. The van der Waals surface area contributed by atoms with Crippen LogP contribution in [0, 0.1) is 13.8 Å². The van der Waals surface area contributed by atoms with Gasteiger partial charge in [0.05, 0.1) is 5.52 Å². The molecule has 0 saturated carbocycles. The maximum Gasteiger partial charge on any atom is 0.249 e. The van der Waals surface area contributed by atoms with Crippen molar-refractivity contribution in [1.29, 1.82) is 0 Å². The van der Waals surface area contributed by atoms with E-state index in [1.807, 2.05) is 83.1 Å². The van der Waals surface area contributed by atoms with Gasteiger partial charge in [-0.05, 0) is 63.9 Å². The molecule has 0 aliphatic rings. The number of fused-ring (bicyclic) bond motifs is 1. The van der Waals surface area contributed by atoms with Crippen molar-refractivity contribution in [2.45, 2.75) is 59.2 Å². The molecule has 8 nitrogen and oxygen atoms in total. The van der Waals surface area contributed by atoms with Gasteiger partial charge in [-0.1, -0.05) is 48.0 Å². The monoisotopic (exact) mass is 484 g/mol. The van der Waals surface area contributed by atoms with Crippen molar-refractivity contribution in [2.24, 2.45) is 0 Å². The van der Waals surface area contributed by atoms with Crippen molar-refractivity contribution in [3.63, 3.8) is 0 Å². The summed E-state index contributed by atoms with van der Waals surface area (Å²) in [5.41, 5.74) is 4.25. The van der Waals surface area contributed by atoms with Crippen molar-refractivity contribution in [3.05, 3.63) is 83.7 Å². The van der Waals surface area contributed by atoms with E-state index in [2.05, 4.69) is 20.6 Å². The number of benzene rings is 2. The minimum absolute atomic E-state index is 0.0744. The molecule has 0 spiro atoms. The van der Waals surface area contributed by atoms with Gasteiger partial charge in [0, 0.05) is 29.2 Å². The molecular weight excluding hydrogens is 452 g/mol. The number of carbonyl (C=O) groups excluding carboxylic acids is 2. The van der Waals surface area contributed by atoms with E-state index < -0.39 is 11.6 Å². The zero-order valence-electron chi connectivity index (χ0n) is 21.4. The highest BCUT2D eigenvalue weighted by Gasteiger charge is 2.36. The zero-order valence-corrected chi connectivity index (χ0v) is 21.4. The Morgan fingerprint density at radius 1 is 1.08 bits per heavy atom. The highest BCUT2D eigenvalue weighted by atomic mass is 16.2. The van der Waals surface area contributed by atoms with Crippen molar-refractivity contribution >= 4 is 28.5 Å². The summed E-state index contributed by atoms with van der Waals surface area (Å²) in [6.45, 7) is 9.82. The first-order valence-corrected chi connectivity index (χ1v) is 12.1. The minimum Gasteiger partial charge on any atom is -0.349 e. The number of aryl methyl sites for hydroxylation is 2. The van der Waals surface area contributed by atoms with Crippen molar-refractivity contribution in [3.8, 4) is 0 Å². The number of pyridine rings is 1. The molecule has 1 atom stereocenters. The predicted molar refractivity (Wildman–Crippen MR) is 140 cm³/mol. The number of carbonyl (C=O) groups is 2. The van der Waals surface area contributed by atoms with Crippen LogP contribution in [-0.4, -0.2) is 37.3 Å². The highest BCUT2D eigenvalue weighted by molar-refractivity contribution is 6.02. The Hall–Kier alpha value is -4.07. The third kappa shape index (κ3) is 5.27. The number of amides is 2. The van der Waals surface area contributed by atoms with E-state index >= 15 is 0 Å². The maximum atomic E-state index is 14.1. The molecule has 0 aliphatic carbocycles. The number of hydrogen-bond acceptors (Lipinski definition) is 5. The summed E-state index contributed by atoms with van der Waals surface area (Å²) in [6.07, 6.45) is 4.03. The van der Waals surface area contributed by atoms with Crippen LogP contribution in [0.25, 0.3) is 11.0 Å². The molecule has 0 aliphatic heterocycles. The Labute approximate surface area is 211 Å². The van der Waals surface area contributed by atoms with Gasteiger partial charge in [-0.25, -0.2) is 4.68 Å². The van der Waals surface area contributed by atoms with E-state index in [1.165, 1.54) is 0 Å². The normalized spacial score (nSPS) is 12.4. The van der Waals surface area contributed by atoms with E-state index in [0.29, 0.717) is 16.8 Å². The van der Waals surface area contributed by atoms with Gasteiger partial charge in [0.15, 0.2) is 0 Å². The molecule has 4 aromatic rings. The summed E-state index contributed by atoms with van der Waals surface area (Å²) in [7, 11) is 0. The fourth-order valence-electron chi connectivity index (χ4n) is 4.18. The maximum absolute atomic E-state index is 14.1. The molecule has 0 saturated heterocycles. The van der Waals surface area contributed by atoms with Crippen LogP contribution in [-0.2, 0) is 16.1 Å². The van der Waals surface area contributed by atoms with Crippen molar-refractivity contribution < 1.29 is 9.59 Å². The average Bonchev–Trinajstić information content (AvgIpc) is 3.26. The van der Waals surface area contributed by atoms with E-state index in [0.717, 1.165) is 23.1 Å². The molecule has 2 aromatic heterocycles. The lowest BCUT2D eigenvalue weighted by Crippen LogP contribution is -2.51. The molecule has 8 heteroatoms. The van der Waals surface area contributed by atoms with Gasteiger partial charge >= 0.3 is 0 Å². The van der Waals surface area contributed by atoms with Crippen LogP contribution in [0.4, 0.5) is 5.69 Å². The lowest BCUT2D eigenvalue weighted by molar-refractivity contribution is -0.128. The Morgan fingerprint density at radius 2 is 1.86 bits per heavy atom. The van der Waals surface area contributed by atoms with Gasteiger partial charge < -0.3 is 5.32 Å². The third-order valence-electron chi connectivity index (χ3n) is 6.44. The first-order chi connectivity index (χ1) is 17.2. The van der Waals surface area contributed by atoms with Gasteiger partial charge in [-0.2, -0.15) is 0 Å². The van der Waals surface area contributed by atoms with Crippen LogP contribution >= 0.6 is 0 Å². The van der Waals surface area contributed by atoms with E-state index in [1.54, 1.807) is 28.0 Å². The summed E-state index contributed by atoms with van der Waals surface area (Å²) in [6, 6.07) is 16.0. The summed E-state index contributed by atoms with van der Waals surface area (Å²) >= 11 is 0. The van der Waals surface area contributed by atoms with Gasteiger partial charge in [-0.3, -0.25) is 19.5 Å². The highest BCUT2D eigenvalue weighted by Crippen LogP contribution is 2.32. The summed E-state index contributed by atoms with van der Waals surface area (Å²) < 4.78 is 1.57. The molecule has 0 fully saturated rings. The summed E-state index contributed by atoms with van der Waals surface area (Å²) in [5.74, 6) is -0.553. The molecular formula is C28H32N6O2. The number of rotatable bonds is 8.